The van der Waals surface area contributed by atoms with Gasteiger partial charge >= 0.3 is 0 Å². The first-order chi connectivity index (χ1) is 10.3. The Balaban J connectivity index is 2.14. The van der Waals surface area contributed by atoms with E-state index in [2.05, 4.69) is 91.6 Å². The van der Waals surface area contributed by atoms with Gasteiger partial charge in [-0.25, -0.2) is 0 Å². The Morgan fingerprint density at radius 3 is 2.38 bits per heavy atom. The van der Waals surface area contributed by atoms with Crippen molar-refractivity contribution in [3.63, 3.8) is 0 Å². The fraction of sp³-hybridized carbons (Fsp3) is 0.200. The lowest BCUT2D eigenvalue weighted by atomic mass is 9.96. The Hall–Kier alpha value is -2.28. The van der Waals surface area contributed by atoms with Crippen LogP contribution in [0.25, 0.3) is 0 Å². The number of rotatable bonds is 3. The molecule has 1 aliphatic rings. The van der Waals surface area contributed by atoms with Gasteiger partial charge in [-0.05, 0) is 43.2 Å². The molecule has 0 bridgehead atoms. The van der Waals surface area contributed by atoms with E-state index < -0.39 is 0 Å². The molecule has 2 aromatic carbocycles. The van der Waals surface area contributed by atoms with Gasteiger partial charge in [0.2, 0.25) is 0 Å². The van der Waals surface area contributed by atoms with Gasteiger partial charge in [0, 0.05) is 23.0 Å². The van der Waals surface area contributed by atoms with Gasteiger partial charge in [0.1, 0.15) is 0 Å². The van der Waals surface area contributed by atoms with E-state index in [9.17, 15) is 0 Å². The molecule has 0 fully saturated rings. The Bertz CT molecular complexity index is 667. The lowest BCUT2D eigenvalue weighted by molar-refractivity contribution is 0.670. The second-order valence-corrected chi connectivity index (χ2v) is 5.61. The van der Waals surface area contributed by atoms with E-state index in [4.69, 9.17) is 0 Å². The lowest BCUT2D eigenvalue weighted by Gasteiger charge is -2.33. The summed E-state index contributed by atoms with van der Waals surface area (Å²) in [4.78, 5) is 2.39. The zero-order valence-electron chi connectivity index (χ0n) is 12.7. The third kappa shape index (κ3) is 2.78. The summed E-state index contributed by atoms with van der Waals surface area (Å²) >= 11 is 0. The third-order valence-corrected chi connectivity index (χ3v) is 4.03. The molecule has 0 N–H and O–H groups in total. The highest BCUT2D eigenvalue weighted by molar-refractivity contribution is 5.71. The van der Waals surface area contributed by atoms with Gasteiger partial charge < -0.3 is 4.90 Å². The average Bonchev–Trinajstić information content (AvgIpc) is 2.52. The molecule has 0 saturated carbocycles. The van der Waals surface area contributed by atoms with Crippen LogP contribution < -0.4 is 4.90 Å². The topological polar surface area (TPSA) is 3.24 Å². The molecule has 1 atom stereocenters. The molecule has 0 aliphatic heterocycles. The largest absolute Gasteiger partial charge is 0.314 e. The van der Waals surface area contributed by atoms with Crippen LogP contribution in [0.15, 0.2) is 78.5 Å². The molecule has 0 heterocycles. The Morgan fingerprint density at radius 1 is 0.952 bits per heavy atom. The van der Waals surface area contributed by atoms with Crippen LogP contribution in [0.5, 0.6) is 0 Å². The Labute approximate surface area is 127 Å². The van der Waals surface area contributed by atoms with Crippen LogP contribution in [0.2, 0.25) is 0 Å². The smallest absolute Gasteiger partial charge is 0.0487 e. The number of hydrogen-bond acceptors (Lipinski definition) is 1. The molecule has 0 aromatic heterocycles. The van der Waals surface area contributed by atoms with Crippen molar-refractivity contribution in [2.24, 2.45) is 5.92 Å². The standard InChI is InChI=1S/C20H21N/c1-16-10-6-8-14-19(16)21(18-12-4-3-5-13-18)20-15-9-7-11-17(20)2/h3-10,12-15,17H,11H2,1-2H3. The van der Waals surface area contributed by atoms with Gasteiger partial charge in [0.05, 0.1) is 0 Å². The number of allylic oxidation sites excluding steroid dienone is 4. The van der Waals surface area contributed by atoms with E-state index in [0.717, 1.165) is 6.42 Å². The summed E-state index contributed by atoms with van der Waals surface area (Å²) < 4.78 is 0. The van der Waals surface area contributed by atoms with Crippen molar-refractivity contribution in [2.75, 3.05) is 4.90 Å². The van der Waals surface area contributed by atoms with E-state index in [0.29, 0.717) is 5.92 Å². The fourth-order valence-corrected chi connectivity index (χ4v) is 2.85. The van der Waals surface area contributed by atoms with Crippen molar-refractivity contribution < 1.29 is 0 Å². The maximum Gasteiger partial charge on any atom is 0.0487 e. The second kappa shape index (κ2) is 6.01. The van der Waals surface area contributed by atoms with Crippen molar-refractivity contribution in [1.29, 1.82) is 0 Å². The first-order valence-corrected chi connectivity index (χ1v) is 7.55. The first kappa shape index (κ1) is 13.7. The SMILES string of the molecule is Cc1ccccc1N(C1=CC=CCC1C)c1ccccc1. The summed E-state index contributed by atoms with van der Waals surface area (Å²) in [6, 6.07) is 19.2. The zero-order valence-corrected chi connectivity index (χ0v) is 12.7. The summed E-state index contributed by atoms with van der Waals surface area (Å²) in [5.74, 6) is 0.523. The molecule has 0 spiro atoms. The molecule has 1 unspecified atom stereocenters. The monoisotopic (exact) mass is 275 g/mol. The first-order valence-electron chi connectivity index (χ1n) is 7.55. The van der Waals surface area contributed by atoms with Crippen LogP contribution in [0.4, 0.5) is 11.4 Å². The fourth-order valence-electron chi connectivity index (χ4n) is 2.85. The molecular weight excluding hydrogens is 254 g/mol. The molecule has 0 radical (unpaired) electrons. The number of hydrogen-bond donors (Lipinski definition) is 0. The summed E-state index contributed by atoms with van der Waals surface area (Å²) in [6.07, 6.45) is 7.76. The number of anilines is 2. The van der Waals surface area contributed by atoms with Crippen LogP contribution in [0.1, 0.15) is 18.9 Å². The van der Waals surface area contributed by atoms with Gasteiger partial charge in [0.15, 0.2) is 0 Å². The van der Waals surface area contributed by atoms with Crippen molar-refractivity contribution in [2.45, 2.75) is 20.3 Å². The molecular formula is C20H21N. The number of benzene rings is 2. The molecule has 1 nitrogen and oxygen atoms in total. The second-order valence-electron chi connectivity index (χ2n) is 5.61. The highest BCUT2D eigenvalue weighted by Gasteiger charge is 2.21. The minimum absolute atomic E-state index is 0.523. The zero-order chi connectivity index (χ0) is 14.7. The van der Waals surface area contributed by atoms with Gasteiger partial charge in [-0.3, -0.25) is 0 Å². The Kier molecular flexibility index (Phi) is 3.92. The van der Waals surface area contributed by atoms with E-state index in [-0.39, 0.29) is 0 Å². The molecule has 2 aromatic rings. The summed E-state index contributed by atoms with van der Waals surface area (Å²) in [6.45, 7) is 4.47. The molecule has 21 heavy (non-hydrogen) atoms. The average molecular weight is 275 g/mol. The minimum Gasteiger partial charge on any atom is -0.314 e. The quantitative estimate of drug-likeness (QED) is 0.703. The van der Waals surface area contributed by atoms with Crippen LogP contribution in [-0.2, 0) is 0 Å². The summed E-state index contributed by atoms with van der Waals surface area (Å²) in [5, 5.41) is 0. The van der Waals surface area contributed by atoms with Crippen molar-refractivity contribution in [3.05, 3.63) is 84.1 Å². The summed E-state index contributed by atoms with van der Waals surface area (Å²) in [7, 11) is 0. The predicted molar refractivity (Wildman–Crippen MR) is 90.8 cm³/mol. The van der Waals surface area contributed by atoms with Crippen LogP contribution in [-0.4, -0.2) is 0 Å². The number of para-hydroxylation sites is 2. The molecule has 0 saturated heterocycles. The van der Waals surface area contributed by atoms with Gasteiger partial charge in [-0.15, -0.1) is 0 Å². The van der Waals surface area contributed by atoms with E-state index >= 15 is 0 Å². The van der Waals surface area contributed by atoms with Crippen LogP contribution in [0, 0.1) is 12.8 Å². The van der Waals surface area contributed by atoms with Crippen molar-refractivity contribution in [1.82, 2.24) is 0 Å². The van der Waals surface area contributed by atoms with Crippen molar-refractivity contribution in [3.8, 4) is 0 Å². The van der Waals surface area contributed by atoms with Crippen molar-refractivity contribution >= 4 is 11.4 Å². The third-order valence-electron chi connectivity index (χ3n) is 4.03. The predicted octanol–water partition coefficient (Wildman–Crippen LogP) is 5.61. The number of nitrogens with zero attached hydrogens (tertiary/aromatic N) is 1. The lowest BCUT2D eigenvalue weighted by Crippen LogP contribution is -2.23. The maximum absolute atomic E-state index is 2.39. The normalized spacial score (nSPS) is 17.4. The van der Waals surface area contributed by atoms with E-state index in [1.165, 1.54) is 22.6 Å². The Morgan fingerprint density at radius 2 is 1.67 bits per heavy atom. The molecule has 0 amide bonds. The molecule has 3 rings (SSSR count). The molecule has 106 valence electrons. The van der Waals surface area contributed by atoms with Gasteiger partial charge in [0.25, 0.3) is 0 Å². The number of aryl methyl sites for hydroxylation is 1. The highest BCUT2D eigenvalue weighted by Crippen LogP contribution is 2.36. The molecule has 1 heteroatoms. The van der Waals surface area contributed by atoms with Crippen LogP contribution >= 0.6 is 0 Å². The van der Waals surface area contributed by atoms with E-state index in [1.54, 1.807) is 0 Å². The van der Waals surface area contributed by atoms with Crippen LogP contribution in [0.3, 0.4) is 0 Å². The maximum atomic E-state index is 2.39. The van der Waals surface area contributed by atoms with Gasteiger partial charge in [-0.2, -0.15) is 0 Å². The molecule has 1 aliphatic carbocycles. The highest BCUT2D eigenvalue weighted by atomic mass is 15.2. The van der Waals surface area contributed by atoms with Gasteiger partial charge in [-0.1, -0.05) is 55.5 Å². The summed E-state index contributed by atoms with van der Waals surface area (Å²) in [5.41, 5.74) is 5.14. The minimum atomic E-state index is 0.523. The van der Waals surface area contributed by atoms with E-state index in [1.807, 2.05) is 0 Å².